The molecular formula is C10H6BrClF2N2O. The maximum Gasteiger partial charge on any atom is 0.253 e. The summed E-state index contributed by atoms with van der Waals surface area (Å²) in [5, 5.41) is 6.65. The highest BCUT2D eigenvalue weighted by Gasteiger charge is 2.20. The molecule has 1 aromatic carbocycles. The summed E-state index contributed by atoms with van der Waals surface area (Å²) in [7, 11) is 0. The van der Waals surface area contributed by atoms with E-state index in [9.17, 15) is 8.78 Å². The first-order valence-electron chi connectivity index (χ1n) is 4.61. The average molecular weight is 324 g/mol. The normalized spacial score (nSPS) is 12.8. The zero-order valence-electron chi connectivity index (χ0n) is 8.55. The maximum absolute atomic E-state index is 13.6. The van der Waals surface area contributed by atoms with Crippen molar-refractivity contribution >= 4 is 27.5 Å². The van der Waals surface area contributed by atoms with Gasteiger partial charge in [-0.1, -0.05) is 15.9 Å². The van der Waals surface area contributed by atoms with Crippen LogP contribution in [0.3, 0.4) is 0 Å². The standard InChI is InChI=1S/C10H6BrClF2N2O/c1-4(12)9-15-16-10(17-9)8-6(13)2-5(11)3-7(8)14/h2-4H,1H3. The van der Waals surface area contributed by atoms with Gasteiger partial charge in [0.25, 0.3) is 5.89 Å². The van der Waals surface area contributed by atoms with Gasteiger partial charge < -0.3 is 4.42 Å². The first-order valence-corrected chi connectivity index (χ1v) is 5.84. The van der Waals surface area contributed by atoms with Gasteiger partial charge in [0.1, 0.15) is 22.6 Å². The third kappa shape index (κ3) is 2.47. The van der Waals surface area contributed by atoms with E-state index in [0.717, 1.165) is 12.1 Å². The van der Waals surface area contributed by atoms with Crippen molar-refractivity contribution in [3.8, 4) is 11.5 Å². The Morgan fingerprint density at radius 2 is 1.88 bits per heavy atom. The van der Waals surface area contributed by atoms with E-state index < -0.39 is 17.0 Å². The molecule has 0 N–H and O–H groups in total. The molecule has 0 bridgehead atoms. The monoisotopic (exact) mass is 322 g/mol. The van der Waals surface area contributed by atoms with Crippen molar-refractivity contribution in [2.24, 2.45) is 0 Å². The fourth-order valence-corrected chi connectivity index (χ4v) is 1.73. The number of halogens is 4. The van der Waals surface area contributed by atoms with Gasteiger partial charge in [0.15, 0.2) is 0 Å². The predicted molar refractivity (Wildman–Crippen MR) is 61.6 cm³/mol. The minimum atomic E-state index is -0.783. The van der Waals surface area contributed by atoms with Gasteiger partial charge in [-0.25, -0.2) is 8.78 Å². The first kappa shape index (κ1) is 12.4. The Morgan fingerprint density at radius 1 is 1.29 bits per heavy atom. The second kappa shape index (κ2) is 4.70. The molecule has 0 aliphatic heterocycles. The van der Waals surface area contributed by atoms with E-state index in [1.54, 1.807) is 6.92 Å². The Labute approximate surface area is 109 Å². The summed E-state index contributed by atoms with van der Waals surface area (Å²) in [4.78, 5) is 0. The molecule has 90 valence electrons. The van der Waals surface area contributed by atoms with Gasteiger partial charge >= 0.3 is 0 Å². The summed E-state index contributed by atoms with van der Waals surface area (Å²) in [5.74, 6) is -1.68. The van der Waals surface area contributed by atoms with Crippen molar-refractivity contribution in [3.63, 3.8) is 0 Å². The number of nitrogens with zero attached hydrogens (tertiary/aromatic N) is 2. The van der Waals surface area contributed by atoms with E-state index in [1.807, 2.05) is 0 Å². The van der Waals surface area contributed by atoms with Gasteiger partial charge in [0, 0.05) is 4.47 Å². The van der Waals surface area contributed by atoms with Gasteiger partial charge in [-0.2, -0.15) is 0 Å². The highest BCUT2D eigenvalue weighted by molar-refractivity contribution is 9.10. The minimum absolute atomic E-state index is 0.114. The van der Waals surface area contributed by atoms with Crippen LogP contribution in [0.1, 0.15) is 18.2 Å². The Balaban J connectivity index is 2.52. The lowest BCUT2D eigenvalue weighted by Crippen LogP contribution is -1.90. The Hall–Kier alpha value is -1.01. The molecule has 0 aliphatic carbocycles. The molecule has 0 aliphatic rings. The van der Waals surface area contributed by atoms with Crippen LogP contribution in [-0.4, -0.2) is 10.2 Å². The van der Waals surface area contributed by atoms with Crippen LogP contribution in [0.2, 0.25) is 0 Å². The molecule has 7 heteroatoms. The molecule has 1 aromatic heterocycles. The zero-order chi connectivity index (χ0) is 12.6. The van der Waals surface area contributed by atoms with Crippen LogP contribution in [0.15, 0.2) is 21.0 Å². The summed E-state index contributed by atoms with van der Waals surface area (Å²) >= 11 is 8.70. The van der Waals surface area contributed by atoms with Crippen LogP contribution < -0.4 is 0 Å². The summed E-state index contributed by atoms with van der Waals surface area (Å²) in [6.45, 7) is 1.62. The summed E-state index contributed by atoms with van der Waals surface area (Å²) in [6.07, 6.45) is 0. The molecule has 0 fully saturated rings. The third-order valence-electron chi connectivity index (χ3n) is 2.00. The van der Waals surface area contributed by atoms with E-state index in [1.165, 1.54) is 0 Å². The van der Waals surface area contributed by atoms with Crippen molar-refractivity contribution in [2.75, 3.05) is 0 Å². The van der Waals surface area contributed by atoms with E-state index in [4.69, 9.17) is 16.0 Å². The smallest absolute Gasteiger partial charge is 0.253 e. The molecule has 0 saturated heterocycles. The molecule has 0 spiro atoms. The molecule has 17 heavy (non-hydrogen) atoms. The van der Waals surface area contributed by atoms with E-state index >= 15 is 0 Å². The lowest BCUT2D eigenvalue weighted by Gasteiger charge is -2.00. The van der Waals surface area contributed by atoms with E-state index in [2.05, 4.69) is 26.1 Å². The van der Waals surface area contributed by atoms with Gasteiger partial charge in [0.05, 0.1) is 0 Å². The highest BCUT2D eigenvalue weighted by Crippen LogP contribution is 2.29. The number of benzene rings is 1. The van der Waals surface area contributed by atoms with Crippen LogP contribution in [0.4, 0.5) is 8.78 Å². The molecule has 0 amide bonds. The Morgan fingerprint density at radius 3 is 2.35 bits per heavy atom. The molecule has 0 saturated carbocycles. The van der Waals surface area contributed by atoms with Crippen LogP contribution in [0, 0.1) is 11.6 Å². The number of hydrogen-bond acceptors (Lipinski definition) is 3. The second-order valence-corrected chi connectivity index (χ2v) is 4.88. The largest absolute Gasteiger partial charge is 0.419 e. The Bertz CT molecular complexity index is 536. The molecule has 0 radical (unpaired) electrons. The van der Waals surface area contributed by atoms with Crippen LogP contribution in [0.25, 0.3) is 11.5 Å². The fourth-order valence-electron chi connectivity index (χ4n) is 1.24. The second-order valence-electron chi connectivity index (χ2n) is 3.31. The summed E-state index contributed by atoms with van der Waals surface area (Å²) < 4.78 is 32.5. The third-order valence-corrected chi connectivity index (χ3v) is 2.65. The van der Waals surface area contributed by atoms with Gasteiger partial charge in [-0.3, -0.25) is 0 Å². The van der Waals surface area contributed by atoms with Gasteiger partial charge in [-0.05, 0) is 19.1 Å². The Kier molecular flexibility index (Phi) is 3.44. The molecule has 1 atom stereocenters. The SMILES string of the molecule is CC(Cl)c1nnc(-c2c(F)cc(Br)cc2F)o1. The summed E-state index contributed by atoms with van der Waals surface area (Å²) in [5.41, 5.74) is -0.357. The highest BCUT2D eigenvalue weighted by atomic mass is 79.9. The van der Waals surface area contributed by atoms with Crippen molar-refractivity contribution in [2.45, 2.75) is 12.3 Å². The van der Waals surface area contributed by atoms with Crippen molar-refractivity contribution in [1.29, 1.82) is 0 Å². The topological polar surface area (TPSA) is 38.9 Å². The molecule has 1 unspecified atom stereocenters. The number of hydrogen-bond donors (Lipinski definition) is 0. The molecule has 2 rings (SSSR count). The van der Waals surface area contributed by atoms with Crippen LogP contribution in [-0.2, 0) is 0 Å². The van der Waals surface area contributed by atoms with Gasteiger partial charge in [0.2, 0.25) is 5.89 Å². The lowest BCUT2D eigenvalue weighted by molar-refractivity contribution is 0.495. The first-order chi connectivity index (χ1) is 7.99. The van der Waals surface area contributed by atoms with Crippen molar-refractivity contribution in [3.05, 3.63) is 34.1 Å². The average Bonchev–Trinajstić information content (AvgIpc) is 2.65. The van der Waals surface area contributed by atoms with Gasteiger partial charge in [-0.15, -0.1) is 21.8 Å². The fraction of sp³-hybridized carbons (Fsp3) is 0.200. The van der Waals surface area contributed by atoms with Crippen LogP contribution in [0.5, 0.6) is 0 Å². The molecule has 1 heterocycles. The van der Waals surface area contributed by atoms with E-state index in [0.29, 0.717) is 4.47 Å². The predicted octanol–water partition coefficient (Wildman–Crippen LogP) is 4.08. The number of rotatable bonds is 2. The van der Waals surface area contributed by atoms with Crippen molar-refractivity contribution < 1.29 is 13.2 Å². The molecule has 2 aromatic rings. The minimum Gasteiger partial charge on any atom is -0.419 e. The molecule has 3 nitrogen and oxygen atoms in total. The maximum atomic E-state index is 13.6. The summed E-state index contributed by atoms with van der Waals surface area (Å²) in [6, 6.07) is 2.23. The van der Waals surface area contributed by atoms with E-state index in [-0.39, 0.29) is 17.3 Å². The molecular weight excluding hydrogens is 317 g/mol. The van der Waals surface area contributed by atoms with Crippen molar-refractivity contribution in [1.82, 2.24) is 10.2 Å². The number of alkyl halides is 1. The zero-order valence-corrected chi connectivity index (χ0v) is 10.9. The number of aromatic nitrogens is 2. The van der Waals surface area contributed by atoms with Crippen LogP contribution >= 0.6 is 27.5 Å². The lowest BCUT2D eigenvalue weighted by atomic mass is 10.2. The quantitative estimate of drug-likeness (QED) is 0.782.